The van der Waals surface area contributed by atoms with Crippen molar-refractivity contribution in [2.24, 2.45) is 0 Å². The fourth-order valence-corrected chi connectivity index (χ4v) is 6.04. The van der Waals surface area contributed by atoms with Gasteiger partial charge in [0.2, 0.25) is 5.75 Å². The van der Waals surface area contributed by atoms with E-state index in [1.165, 1.54) is 44.8 Å². The van der Waals surface area contributed by atoms with E-state index in [1.807, 2.05) is 0 Å². The normalized spacial score (nSPS) is 15.7. The lowest BCUT2D eigenvalue weighted by atomic mass is 10.0. The predicted molar refractivity (Wildman–Crippen MR) is 147 cm³/mol. The SMILES string of the molecule is CCOC(=O)N1CCc2c(sc3c2C(=O)N[C@H](c2ccc(OC(=O)c4cc(OC)c(OC)c(OC)c4)cc2)N3)C1. The maximum Gasteiger partial charge on any atom is 0.410 e. The molecule has 40 heavy (non-hydrogen) atoms. The van der Waals surface area contributed by atoms with Crippen molar-refractivity contribution in [1.82, 2.24) is 10.2 Å². The number of carbonyl (C=O) groups excluding carboxylic acids is 3. The summed E-state index contributed by atoms with van der Waals surface area (Å²) in [5.74, 6) is 0.619. The number of ether oxygens (including phenoxy) is 5. The van der Waals surface area contributed by atoms with Gasteiger partial charge in [0.05, 0.1) is 45.6 Å². The number of nitrogens with zero attached hydrogens (tertiary/aromatic N) is 1. The van der Waals surface area contributed by atoms with Gasteiger partial charge in [0.15, 0.2) is 11.5 Å². The Morgan fingerprint density at radius 2 is 1.73 bits per heavy atom. The molecule has 1 atom stereocenters. The zero-order chi connectivity index (χ0) is 28.4. The summed E-state index contributed by atoms with van der Waals surface area (Å²) in [5.41, 5.74) is 2.62. The van der Waals surface area contributed by atoms with Gasteiger partial charge in [0.1, 0.15) is 16.9 Å². The highest BCUT2D eigenvalue weighted by Crippen LogP contribution is 2.41. The number of carbonyl (C=O) groups is 3. The standard InChI is InChI=1S/C28H29N3O8S/c1-5-38-28(34)31-11-10-18-21(14-31)40-26-22(18)25(32)29-24(30-26)15-6-8-17(9-7-15)39-27(33)16-12-19(35-2)23(37-4)20(13-16)36-3/h6-9,12-13,24,30H,5,10-11,14H2,1-4H3,(H,29,32)/t24-/m0/s1. The van der Waals surface area contributed by atoms with E-state index in [-0.39, 0.29) is 17.6 Å². The van der Waals surface area contributed by atoms with E-state index in [1.54, 1.807) is 36.1 Å². The Bertz CT molecular complexity index is 1430. The largest absolute Gasteiger partial charge is 0.493 e. The maximum absolute atomic E-state index is 13.1. The van der Waals surface area contributed by atoms with Crippen molar-refractivity contribution >= 4 is 34.3 Å². The molecule has 0 unspecified atom stereocenters. The molecule has 1 aromatic heterocycles. The van der Waals surface area contributed by atoms with Crippen LogP contribution in [0.3, 0.4) is 0 Å². The number of benzene rings is 2. The maximum atomic E-state index is 13.1. The third-order valence-electron chi connectivity index (χ3n) is 6.69. The van der Waals surface area contributed by atoms with Gasteiger partial charge in [-0.05, 0) is 48.7 Å². The van der Waals surface area contributed by atoms with Crippen molar-refractivity contribution in [3.63, 3.8) is 0 Å². The molecule has 0 radical (unpaired) electrons. The molecule has 0 aliphatic carbocycles. The second-order valence-corrected chi connectivity index (χ2v) is 10.1. The van der Waals surface area contributed by atoms with Gasteiger partial charge in [-0.15, -0.1) is 11.3 Å². The number of rotatable bonds is 7. The number of esters is 1. The van der Waals surface area contributed by atoms with Gasteiger partial charge in [0.25, 0.3) is 5.91 Å². The lowest BCUT2D eigenvalue weighted by molar-refractivity contribution is 0.0733. The average molecular weight is 568 g/mol. The Hall–Kier alpha value is -4.45. The molecule has 3 heterocycles. The van der Waals surface area contributed by atoms with Crippen LogP contribution in [0.15, 0.2) is 36.4 Å². The van der Waals surface area contributed by atoms with Crippen molar-refractivity contribution in [1.29, 1.82) is 0 Å². The minimum absolute atomic E-state index is 0.168. The summed E-state index contributed by atoms with van der Waals surface area (Å²) >= 11 is 1.48. The number of methoxy groups -OCH3 is 3. The summed E-state index contributed by atoms with van der Waals surface area (Å²) < 4.78 is 26.6. The number of hydrogen-bond donors (Lipinski definition) is 2. The van der Waals surface area contributed by atoms with Crippen LogP contribution >= 0.6 is 11.3 Å². The first-order valence-electron chi connectivity index (χ1n) is 12.6. The molecule has 2 aliphatic heterocycles. The second kappa shape index (κ2) is 11.3. The Morgan fingerprint density at radius 3 is 2.35 bits per heavy atom. The molecular weight excluding hydrogens is 538 g/mol. The Morgan fingerprint density at radius 1 is 1.02 bits per heavy atom. The molecule has 2 aliphatic rings. The Balaban J connectivity index is 1.29. The highest BCUT2D eigenvalue weighted by atomic mass is 32.1. The first kappa shape index (κ1) is 27.1. The lowest BCUT2D eigenvalue weighted by Crippen LogP contribution is -2.39. The van der Waals surface area contributed by atoms with E-state index in [0.717, 1.165) is 21.0 Å². The van der Waals surface area contributed by atoms with Crippen molar-refractivity contribution in [2.45, 2.75) is 26.1 Å². The molecule has 2 aromatic carbocycles. The monoisotopic (exact) mass is 567 g/mol. The molecule has 0 fully saturated rings. The van der Waals surface area contributed by atoms with Gasteiger partial charge in [-0.2, -0.15) is 0 Å². The molecule has 0 saturated heterocycles. The Labute approximate surface area is 234 Å². The molecule has 11 nitrogen and oxygen atoms in total. The van der Waals surface area contributed by atoms with Crippen molar-refractivity contribution in [3.05, 3.63) is 63.5 Å². The third-order valence-corrected chi connectivity index (χ3v) is 7.83. The van der Waals surface area contributed by atoms with Gasteiger partial charge in [-0.1, -0.05) is 12.1 Å². The molecule has 3 aromatic rings. The molecule has 0 bridgehead atoms. The average Bonchev–Trinajstić information content (AvgIpc) is 3.35. The molecule has 5 rings (SSSR count). The summed E-state index contributed by atoms with van der Waals surface area (Å²) in [6.07, 6.45) is -0.229. The van der Waals surface area contributed by atoms with Crippen LogP contribution in [0, 0.1) is 0 Å². The summed E-state index contributed by atoms with van der Waals surface area (Å²) in [7, 11) is 4.42. The van der Waals surface area contributed by atoms with Crippen LogP contribution in [0.4, 0.5) is 9.80 Å². The van der Waals surface area contributed by atoms with Crippen LogP contribution in [-0.2, 0) is 17.7 Å². The second-order valence-electron chi connectivity index (χ2n) is 9.00. The highest BCUT2D eigenvalue weighted by molar-refractivity contribution is 7.16. The number of fused-ring (bicyclic) bond motifs is 3. The molecule has 2 N–H and O–H groups in total. The van der Waals surface area contributed by atoms with Gasteiger partial charge in [-0.25, -0.2) is 9.59 Å². The van der Waals surface area contributed by atoms with E-state index in [4.69, 9.17) is 23.7 Å². The quantitative estimate of drug-likeness (QED) is 0.316. The van der Waals surface area contributed by atoms with E-state index in [0.29, 0.717) is 54.7 Å². The number of thiophene rings is 1. The fourth-order valence-electron chi connectivity index (χ4n) is 4.75. The molecular formula is C28H29N3O8S. The van der Waals surface area contributed by atoms with E-state index >= 15 is 0 Å². The molecule has 210 valence electrons. The minimum atomic E-state index is -0.596. The van der Waals surface area contributed by atoms with Gasteiger partial charge in [-0.3, -0.25) is 4.79 Å². The Kier molecular flexibility index (Phi) is 7.69. The van der Waals surface area contributed by atoms with Crippen LogP contribution < -0.4 is 29.6 Å². The number of amides is 2. The molecule has 0 spiro atoms. The van der Waals surface area contributed by atoms with Crippen LogP contribution in [0.1, 0.15) is 49.8 Å². The third kappa shape index (κ3) is 5.09. The van der Waals surface area contributed by atoms with Crippen LogP contribution in [0.25, 0.3) is 0 Å². The minimum Gasteiger partial charge on any atom is -0.493 e. The molecule has 12 heteroatoms. The number of hydrogen-bond acceptors (Lipinski definition) is 10. The van der Waals surface area contributed by atoms with Crippen LogP contribution in [-0.4, -0.2) is 57.4 Å². The number of anilines is 1. The zero-order valence-corrected chi connectivity index (χ0v) is 23.3. The van der Waals surface area contributed by atoms with Crippen molar-refractivity contribution in [3.8, 4) is 23.0 Å². The first-order valence-corrected chi connectivity index (χ1v) is 13.4. The molecule has 2 amide bonds. The van der Waals surface area contributed by atoms with Gasteiger partial charge < -0.3 is 39.2 Å². The van der Waals surface area contributed by atoms with Gasteiger partial charge >= 0.3 is 12.1 Å². The topological polar surface area (TPSA) is 125 Å². The summed E-state index contributed by atoms with van der Waals surface area (Å²) in [6.45, 7) is 3.01. The van der Waals surface area contributed by atoms with E-state index in [9.17, 15) is 14.4 Å². The van der Waals surface area contributed by atoms with Crippen LogP contribution in [0.2, 0.25) is 0 Å². The summed E-state index contributed by atoms with van der Waals surface area (Å²) in [4.78, 5) is 40.7. The predicted octanol–water partition coefficient (Wildman–Crippen LogP) is 4.36. The zero-order valence-electron chi connectivity index (χ0n) is 22.5. The van der Waals surface area contributed by atoms with Crippen molar-refractivity contribution < 1.29 is 38.1 Å². The van der Waals surface area contributed by atoms with Crippen LogP contribution in [0.5, 0.6) is 23.0 Å². The van der Waals surface area contributed by atoms with E-state index < -0.39 is 12.1 Å². The fraction of sp³-hybridized carbons (Fsp3) is 0.321. The summed E-state index contributed by atoms with van der Waals surface area (Å²) in [5, 5.41) is 7.17. The molecule has 0 saturated carbocycles. The number of nitrogens with one attached hydrogen (secondary N) is 2. The van der Waals surface area contributed by atoms with E-state index in [2.05, 4.69) is 10.6 Å². The smallest absolute Gasteiger partial charge is 0.410 e. The first-order chi connectivity index (χ1) is 19.4. The summed E-state index contributed by atoms with van der Waals surface area (Å²) in [6, 6.07) is 9.90. The lowest BCUT2D eigenvalue weighted by Gasteiger charge is -2.28. The highest BCUT2D eigenvalue weighted by Gasteiger charge is 2.34. The van der Waals surface area contributed by atoms with Gasteiger partial charge in [0, 0.05) is 11.4 Å². The van der Waals surface area contributed by atoms with Crippen molar-refractivity contribution in [2.75, 3.05) is 39.8 Å².